The summed E-state index contributed by atoms with van der Waals surface area (Å²) in [7, 11) is 4.66. The highest BCUT2D eigenvalue weighted by Gasteiger charge is 2.16. The van der Waals surface area contributed by atoms with Crippen molar-refractivity contribution in [3.05, 3.63) is 42.1 Å². The molecule has 0 N–H and O–H groups in total. The molecule has 0 bridgehead atoms. The molecule has 0 amide bonds. The van der Waals surface area contributed by atoms with Gasteiger partial charge >= 0.3 is 5.97 Å². The van der Waals surface area contributed by atoms with E-state index in [0.29, 0.717) is 29.5 Å². The summed E-state index contributed by atoms with van der Waals surface area (Å²) < 4.78 is 21.0. The fourth-order valence-corrected chi connectivity index (χ4v) is 2.36. The minimum Gasteiger partial charge on any atom is -0.493 e. The molecule has 1 aromatic carbocycles. The summed E-state index contributed by atoms with van der Waals surface area (Å²) in [6.07, 6.45) is 4.73. The monoisotopic (exact) mass is 343 g/mol. The average molecular weight is 343 g/mol. The first-order valence-electron chi connectivity index (χ1n) is 7.74. The van der Waals surface area contributed by atoms with Gasteiger partial charge in [-0.1, -0.05) is 6.07 Å². The zero-order valence-corrected chi connectivity index (χ0v) is 14.7. The largest absolute Gasteiger partial charge is 0.493 e. The Kier molecular flexibility index (Phi) is 6.39. The predicted molar refractivity (Wildman–Crippen MR) is 95.0 cm³/mol. The quantitative estimate of drug-likeness (QED) is 0.567. The van der Waals surface area contributed by atoms with Crippen LogP contribution in [-0.2, 0) is 9.53 Å². The van der Waals surface area contributed by atoms with Gasteiger partial charge < -0.3 is 18.9 Å². The Bertz CT molecular complexity index is 745. The second kappa shape index (κ2) is 8.73. The Balaban J connectivity index is 2.50. The van der Waals surface area contributed by atoms with E-state index in [4.69, 9.17) is 18.9 Å². The van der Waals surface area contributed by atoms with Crippen molar-refractivity contribution in [1.82, 2.24) is 4.98 Å². The van der Waals surface area contributed by atoms with Crippen molar-refractivity contribution >= 4 is 12.0 Å². The number of carbonyl (C=O) groups is 1. The van der Waals surface area contributed by atoms with E-state index in [-0.39, 0.29) is 0 Å². The number of esters is 1. The molecule has 0 unspecified atom stereocenters. The van der Waals surface area contributed by atoms with Gasteiger partial charge in [0.1, 0.15) is 0 Å². The van der Waals surface area contributed by atoms with Crippen LogP contribution in [0.1, 0.15) is 12.5 Å². The van der Waals surface area contributed by atoms with E-state index < -0.39 is 5.97 Å². The minimum absolute atomic E-state index is 0.329. The van der Waals surface area contributed by atoms with Crippen LogP contribution in [0.15, 0.2) is 36.5 Å². The van der Waals surface area contributed by atoms with Crippen LogP contribution in [0.4, 0.5) is 0 Å². The number of nitrogens with zero attached hydrogens (tertiary/aromatic N) is 1. The second-order valence-electron chi connectivity index (χ2n) is 4.94. The maximum absolute atomic E-state index is 11.6. The SMILES string of the molecule is CCOC(=O)/C=C/c1cccnc1-c1cc(OC)c(OC)c(OC)c1. The number of pyridine rings is 1. The van der Waals surface area contributed by atoms with Gasteiger partial charge in [-0.2, -0.15) is 0 Å². The van der Waals surface area contributed by atoms with Gasteiger partial charge in [0.25, 0.3) is 0 Å². The number of carbonyl (C=O) groups excluding carboxylic acids is 1. The lowest BCUT2D eigenvalue weighted by atomic mass is 10.0. The highest BCUT2D eigenvalue weighted by molar-refractivity contribution is 5.89. The van der Waals surface area contributed by atoms with Crippen LogP contribution in [-0.4, -0.2) is 38.9 Å². The van der Waals surface area contributed by atoms with Crippen LogP contribution in [0.2, 0.25) is 0 Å². The molecule has 0 saturated heterocycles. The topological polar surface area (TPSA) is 66.9 Å². The van der Waals surface area contributed by atoms with Gasteiger partial charge in [-0.05, 0) is 31.2 Å². The maximum Gasteiger partial charge on any atom is 0.330 e. The van der Waals surface area contributed by atoms with E-state index in [0.717, 1.165) is 11.1 Å². The van der Waals surface area contributed by atoms with Crippen LogP contribution in [0.25, 0.3) is 17.3 Å². The van der Waals surface area contributed by atoms with E-state index in [2.05, 4.69) is 4.98 Å². The van der Waals surface area contributed by atoms with E-state index in [1.807, 2.05) is 18.2 Å². The number of methoxy groups -OCH3 is 3. The summed E-state index contributed by atoms with van der Waals surface area (Å²) in [5.41, 5.74) is 2.23. The Morgan fingerprint density at radius 2 is 1.80 bits per heavy atom. The van der Waals surface area contributed by atoms with Crippen molar-refractivity contribution in [2.24, 2.45) is 0 Å². The van der Waals surface area contributed by atoms with E-state index in [9.17, 15) is 4.79 Å². The third kappa shape index (κ3) is 4.29. The van der Waals surface area contributed by atoms with Gasteiger partial charge in [0, 0.05) is 23.4 Å². The lowest BCUT2D eigenvalue weighted by Crippen LogP contribution is -1.99. The van der Waals surface area contributed by atoms with Gasteiger partial charge in [0.15, 0.2) is 11.5 Å². The van der Waals surface area contributed by atoms with Gasteiger partial charge in [-0.15, -0.1) is 0 Å². The van der Waals surface area contributed by atoms with Crippen molar-refractivity contribution in [2.45, 2.75) is 6.92 Å². The van der Waals surface area contributed by atoms with Crippen molar-refractivity contribution in [3.63, 3.8) is 0 Å². The van der Waals surface area contributed by atoms with Crippen LogP contribution < -0.4 is 14.2 Å². The summed E-state index contributed by atoms with van der Waals surface area (Å²) in [5, 5.41) is 0. The number of ether oxygens (including phenoxy) is 4. The zero-order chi connectivity index (χ0) is 18.2. The van der Waals surface area contributed by atoms with Crippen LogP contribution in [0.3, 0.4) is 0 Å². The van der Waals surface area contributed by atoms with Gasteiger partial charge in [0.2, 0.25) is 5.75 Å². The lowest BCUT2D eigenvalue weighted by molar-refractivity contribution is -0.137. The van der Waals surface area contributed by atoms with Gasteiger partial charge in [-0.25, -0.2) is 4.79 Å². The first-order valence-corrected chi connectivity index (χ1v) is 7.74. The zero-order valence-electron chi connectivity index (χ0n) is 14.7. The fraction of sp³-hybridized carbons (Fsp3) is 0.263. The lowest BCUT2D eigenvalue weighted by Gasteiger charge is -2.14. The molecule has 2 rings (SSSR count). The molecule has 6 heteroatoms. The minimum atomic E-state index is -0.401. The standard InChI is InChI=1S/C19H21NO5/c1-5-25-17(21)9-8-13-7-6-10-20-18(13)14-11-15(22-2)19(24-4)16(12-14)23-3/h6-12H,5H2,1-4H3/b9-8+. The smallest absolute Gasteiger partial charge is 0.330 e. The Morgan fingerprint density at radius 3 is 2.36 bits per heavy atom. The molecular formula is C19H21NO5. The molecule has 0 aliphatic heterocycles. The van der Waals surface area contributed by atoms with E-state index >= 15 is 0 Å². The molecule has 0 atom stereocenters. The maximum atomic E-state index is 11.6. The molecular weight excluding hydrogens is 322 g/mol. The summed E-state index contributed by atoms with van der Waals surface area (Å²) in [6.45, 7) is 2.09. The Labute approximate surface area is 147 Å². The summed E-state index contributed by atoms with van der Waals surface area (Å²) in [4.78, 5) is 16.0. The third-order valence-electron chi connectivity index (χ3n) is 3.46. The van der Waals surface area contributed by atoms with Crippen LogP contribution in [0, 0.1) is 0 Å². The highest BCUT2D eigenvalue weighted by Crippen LogP contribution is 2.41. The molecule has 132 valence electrons. The molecule has 6 nitrogen and oxygen atoms in total. The molecule has 0 spiro atoms. The predicted octanol–water partition coefficient (Wildman–Crippen LogP) is 3.35. The third-order valence-corrected chi connectivity index (χ3v) is 3.46. The Morgan fingerprint density at radius 1 is 1.12 bits per heavy atom. The number of rotatable bonds is 7. The fourth-order valence-electron chi connectivity index (χ4n) is 2.36. The van der Waals surface area contributed by atoms with Crippen molar-refractivity contribution in [3.8, 4) is 28.5 Å². The number of hydrogen-bond donors (Lipinski definition) is 0. The molecule has 0 aliphatic rings. The second-order valence-corrected chi connectivity index (χ2v) is 4.94. The molecule has 2 aromatic rings. The van der Waals surface area contributed by atoms with E-state index in [1.165, 1.54) is 6.08 Å². The number of aromatic nitrogens is 1. The summed E-state index contributed by atoms with van der Waals surface area (Å²) in [5.74, 6) is 1.17. The summed E-state index contributed by atoms with van der Waals surface area (Å²) in [6, 6.07) is 7.28. The van der Waals surface area contributed by atoms with Crippen LogP contribution >= 0.6 is 0 Å². The van der Waals surface area contributed by atoms with Crippen molar-refractivity contribution in [2.75, 3.05) is 27.9 Å². The normalized spacial score (nSPS) is 10.6. The Hall–Kier alpha value is -3.02. The molecule has 0 radical (unpaired) electrons. The summed E-state index contributed by atoms with van der Waals surface area (Å²) >= 11 is 0. The van der Waals surface area contributed by atoms with E-state index in [1.54, 1.807) is 46.6 Å². The van der Waals surface area contributed by atoms with Crippen molar-refractivity contribution < 1.29 is 23.7 Å². The first kappa shape index (κ1) is 18.3. The molecule has 0 fully saturated rings. The van der Waals surface area contributed by atoms with Gasteiger partial charge in [-0.3, -0.25) is 4.98 Å². The van der Waals surface area contributed by atoms with Crippen molar-refractivity contribution in [1.29, 1.82) is 0 Å². The number of benzene rings is 1. The first-order chi connectivity index (χ1) is 12.1. The number of hydrogen-bond acceptors (Lipinski definition) is 6. The molecule has 1 aromatic heterocycles. The molecule has 25 heavy (non-hydrogen) atoms. The average Bonchev–Trinajstić information content (AvgIpc) is 2.65. The molecule has 0 aliphatic carbocycles. The van der Waals surface area contributed by atoms with Crippen LogP contribution in [0.5, 0.6) is 17.2 Å². The highest BCUT2D eigenvalue weighted by atomic mass is 16.5. The molecule has 1 heterocycles. The molecule has 0 saturated carbocycles. The van der Waals surface area contributed by atoms with Gasteiger partial charge in [0.05, 0.1) is 33.6 Å².